The standard InChI is InChI=1S/C14H12BrClFN/c1-9-13(17)3-2-4-14(9)18-8-10-5-6-11(15)12(16)7-10/h2-7,18H,8H2,1H3. The van der Waals surface area contributed by atoms with Gasteiger partial charge in [-0.05, 0) is 52.7 Å². The van der Waals surface area contributed by atoms with Crippen molar-refractivity contribution in [3.63, 3.8) is 0 Å². The van der Waals surface area contributed by atoms with Gasteiger partial charge in [-0.1, -0.05) is 23.7 Å². The van der Waals surface area contributed by atoms with Gasteiger partial charge in [0.2, 0.25) is 0 Å². The molecular formula is C14H12BrClFN. The van der Waals surface area contributed by atoms with Crippen LogP contribution in [0.15, 0.2) is 40.9 Å². The summed E-state index contributed by atoms with van der Waals surface area (Å²) in [7, 11) is 0. The fourth-order valence-corrected chi connectivity index (χ4v) is 2.10. The van der Waals surface area contributed by atoms with Crippen LogP contribution in [-0.4, -0.2) is 0 Å². The second-order valence-electron chi connectivity index (χ2n) is 4.01. The van der Waals surface area contributed by atoms with Crippen LogP contribution in [-0.2, 0) is 6.54 Å². The molecule has 0 spiro atoms. The lowest BCUT2D eigenvalue weighted by atomic mass is 10.1. The van der Waals surface area contributed by atoms with Crippen LogP contribution in [0, 0.1) is 12.7 Å². The summed E-state index contributed by atoms with van der Waals surface area (Å²) in [6.07, 6.45) is 0. The van der Waals surface area contributed by atoms with E-state index in [9.17, 15) is 4.39 Å². The zero-order chi connectivity index (χ0) is 13.1. The van der Waals surface area contributed by atoms with E-state index in [0.717, 1.165) is 15.7 Å². The smallest absolute Gasteiger partial charge is 0.128 e. The third-order valence-electron chi connectivity index (χ3n) is 2.73. The molecule has 0 aromatic heterocycles. The second-order valence-corrected chi connectivity index (χ2v) is 5.28. The van der Waals surface area contributed by atoms with Crippen molar-refractivity contribution in [2.24, 2.45) is 0 Å². The Bertz CT molecular complexity index is 572. The van der Waals surface area contributed by atoms with Gasteiger partial charge in [-0.2, -0.15) is 0 Å². The lowest BCUT2D eigenvalue weighted by molar-refractivity contribution is 0.619. The molecule has 0 aliphatic heterocycles. The van der Waals surface area contributed by atoms with Gasteiger partial charge in [0.05, 0.1) is 5.02 Å². The van der Waals surface area contributed by atoms with E-state index in [1.54, 1.807) is 13.0 Å². The molecule has 1 N–H and O–H groups in total. The molecule has 2 aromatic rings. The summed E-state index contributed by atoms with van der Waals surface area (Å²) in [6.45, 7) is 2.36. The molecule has 2 aromatic carbocycles. The highest BCUT2D eigenvalue weighted by Gasteiger charge is 2.03. The Hall–Kier alpha value is -1.06. The molecule has 0 bridgehead atoms. The minimum atomic E-state index is -0.200. The molecular weight excluding hydrogens is 317 g/mol. The molecule has 0 aliphatic rings. The first-order valence-corrected chi connectivity index (χ1v) is 6.68. The highest BCUT2D eigenvalue weighted by Crippen LogP contribution is 2.24. The topological polar surface area (TPSA) is 12.0 Å². The molecule has 0 saturated heterocycles. The maximum Gasteiger partial charge on any atom is 0.128 e. The highest BCUT2D eigenvalue weighted by molar-refractivity contribution is 9.10. The Morgan fingerprint density at radius 3 is 2.78 bits per heavy atom. The van der Waals surface area contributed by atoms with E-state index >= 15 is 0 Å². The highest BCUT2D eigenvalue weighted by atomic mass is 79.9. The van der Waals surface area contributed by atoms with Gasteiger partial charge in [-0.15, -0.1) is 0 Å². The average Bonchev–Trinajstić information content (AvgIpc) is 2.35. The minimum absolute atomic E-state index is 0.200. The Morgan fingerprint density at radius 2 is 2.06 bits per heavy atom. The number of hydrogen-bond donors (Lipinski definition) is 1. The van der Waals surface area contributed by atoms with Crippen molar-refractivity contribution < 1.29 is 4.39 Å². The lowest BCUT2D eigenvalue weighted by Crippen LogP contribution is -2.02. The summed E-state index contributed by atoms with van der Waals surface area (Å²) < 4.78 is 14.2. The number of halogens is 3. The average molecular weight is 329 g/mol. The third-order valence-corrected chi connectivity index (χ3v) is 3.97. The third kappa shape index (κ3) is 3.03. The molecule has 0 amide bonds. The van der Waals surface area contributed by atoms with Gasteiger partial charge in [0.1, 0.15) is 5.82 Å². The number of hydrogen-bond acceptors (Lipinski definition) is 1. The lowest BCUT2D eigenvalue weighted by Gasteiger charge is -2.10. The predicted molar refractivity (Wildman–Crippen MR) is 77.6 cm³/mol. The van der Waals surface area contributed by atoms with E-state index in [1.807, 2.05) is 24.3 Å². The van der Waals surface area contributed by atoms with Crippen LogP contribution in [0.5, 0.6) is 0 Å². The van der Waals surface area contributed by atoms with Gasteiger partial charge in [0, 0.05) is 22.3 Å². The molecule has 0 aliphatic carbocycles. The quantitative estimate of drug-likeness (QED) is 0.820. The molecule has 2 rings (SSSR count). The normalized spacial score (nSPS) is 10.4. The Labute approximate surface area is 119 Å². The largest absolute Gasteiger partial charge is 0.381 e. The number of anilines is 1. The first-order valence-electron chi connectivity index (χ1n) is 5.51. The SMILES string of the molecule is Cc1c(F)cccc1NCc1ccc(Br)c(Cl)c1. The van der Waals surface area contributed by atoms with Crippen LogP contribution < -0.4 is 5.32 Å². The van der Waals surface area contributed by atoms with Crippen LogP contribution in [0.2, 0.25) is 5.02 Å². The van der Waals surface area contributed by atoms with Crippen LogP contribution in [0.3, 0.4) is 0 Å². The zero-order valence-corrected chi connectivity index (χ0v) is 12.1. The maximum absolute atomic E-state index is 13.4. The molecule has 0 atom stereocenters. The van der Waals surface area contributed by atoms with Crippen molar-refractivity contribution in [1.29, 1.82) is 0 Å². The summed E-state index contributed by atoms with van der Waals surface area (Å²) in [6, 6.07) is 10.8. The summed E-state index contributed by atoms with van der Waals surface area (Å²) in [4.78, 5) is 0. The van der Waals surface area contributed by atoms with E-state index in [-0.39, 0.29) is 5.82 Å². The summed E-state index contributed by atoms with van der Waals surface area (Å²) in [5, 5.41) is 3.87. The summed E-state index contributed by atoms with van der Waals surface area (Å²) >= 11 is 9.36. The molecule has 94 valence electrons. The fourth-order valence-electron chi connectivity index (χ4n) is 1.65. The molecule has 4 heteroatoms. The Kier molecular flexibility index (Phi) is 4.25. The van der Waals surface area contributed by atoms with Crippen molar-refractivity contribution in [3.8, 4) is 0 Å². The van der Waals surface area contributed by atoms with Gasteiger partial charge >= 0.3 is 0 Å². The maximum atomic E-state index is 13.4. The molecule has 0 saturated carbocycles. The summed E-state index contributed by atoms with van der Waals surface area (Å²) in [5.41, 5.74) is 2.47. The monoisotopic (exact) mass is 327 g/mol. The van der Waals surface area contributed by atoms with Gasteiger partial charge < -0.3 is 5.32 Å². The number of benzene rings is 2. The van der Waals surface area contributed by atoms with Crippen LogP contribution in [0.1, 0.15) is 11.1 Å². The van der Waals surface area contributed by atoms with Gasteiger partial charge in [0.25, 0.3) is 0 Å². The predicted octanol–water partition coefficient (Wildman–Crippen LogP) is 5.16. The molecule has 0 heterocycles. The fraction of sp³-hybridized carbons (Fsp3) is 0.143. The molecule has 0 fully saturated rings. The Balaban J connectivity index is 2.11. The number of nitrogens with one attached hydrogen (secondary N) is 1. The Morgan fingerprint density at radius 1 is 1.28 bits per heavy atom. The van der Waals surface area contributed by atoms with E-state index in [2.05, 4.69) is 21.2 Å². The van der Waals surface area contributed by atoms with E-state index < -0.39 is 0 Å². The first-order chi connectivity index (χ1) is 8.58. The van der Waals surface area contributed by atoms with Crippen molar-refractivity contribution in [2.75, 3.05) is 5.32 Å². The summed E-state index contributed by atoms with van der Waals surface area (Å²) in [5.74, 6) is -0.200. The van der Waals surface area contributed by atoms with Crippen LogP contribution in [0.4, 0.5) is 10.1 Å². The van der Waals surface area contributed by atoms with E-state index in [1.165, 1.54) is 6.07 Å². The molecule has 0 unspecified atom stereocenters. The van der Waals surface area contributed by atoms with Crippen LogP contribution in [0.25, 0.3) is 0 Å². The zero-order valence-electron chi connectivity index (χ0n) is 9.81. The first kappa shape index (κ1) is 13.4. The minimum Gasteiger partial charge on any atom is -0.381 e. The van der Waals surface area contributed by atoms with Crippen molar-refractivity contribution in [2.45, 2.75) is 13.5 Å². The molecule has 18 heavy (non-hydrogen) atoms. The van der Waals surface area contributed by atoms with Gasteiger partial charge in [-0.3, -0.25) is 0 Å². The number of rotatable bonds is 3. The van der Waals surface area contributed by atoms with Crippen molar-refractivity contribution >= 4 is 33.2 Å². The van der Waals surface area contributed by atoms with Gasteiger partial charge in [0.15, 0.2) is 0 Å². The van der Waals surface area contributed by atoms with Gasteiger partial charge in [-0.25, -0.2) is 4.39 Å². The van der Waals surface area contributed by atoms with E-state index in [0.29, 0.717) is 17.1 Å². The van der Waals surface area contributed by atoms with Crippen LogP contribution >= 0.6 is 27.5 Å². The van der Waals surface area contributed by atoms with E-state index in [4.69, 9.17) is 11.6 Å². The second kappa shape index (κ2) is 5.72. The van der Waals surface area contributed by atoms with Crippen molar-refractivity contribution in [1.82, 2.24) is 0 Å². The molecule has 1 nitrogen and oxygen atoms in total. The van der Waals surface area contributed by atoms with Crippen molar-refractivity contribution in [3.05, 3.63) is 62.8 Å². The molecule has 0 radical (unpaired) electrons.